The monoisotopic (exact) mass is 411 g/mol. The Labute approximate surface area is 178 Å². The Hall–Kier alpha value is -2.67. The van der Waals surface area contributed by atoms with E-state index in [4.69, 9.17) is 5.73 Å². The molecule has 1 aromatic carbocycles. The Kier molecular flexibility index (Phi) is 6.31. The maximum Gasteiger partial charge on any atom is 0.243 e. The van der Waals surface area contributed by atoms with Crippen molar-refractivity contribution in [3.63, 3.8) is 0 Å². The van der Waals surface area contributed by atoms with E-state index in [-0.39, 0.29) is 17.2 Å². The molecule has 1 aliphatic rings. The van der Waals surface area contributed by atoms with Crippen molar-refractivity contribution in [1.82, 2.24) is 20.0 Å². The zero-order valence-corrected chi connectivity index (χ0v) is 18.6. The van der Waals surface area contributed by atoms with Gasteiger partial charge in [0.05, 0.1) is 17.9 Å². The molecule has 0 radical (unpaired) electrons. The van der Waals surface area contributed by atoms with E-state index in [9.17, 15) is 9.59 Å². The third-order valence-corrected chi connectivity index (χ3v) is 5.85. The highest BCUT2D eigenvalue weighted by Gasteiger charge is 2.39. The van der Waals surface area contributed by atoms with E-state index in [2.05, 4.69) is 10.4 Å². The second kappa shape index (κ2) is 8.60. The topological polar surface area (TPSA) is 93.2 Å². The summed E-state index contributed by atoms with van der Waals surface area (Å²) in [6.45, 7) is 8.87. The number of aromatic nitrogens is 2. The number of likely N-dealkylation sites (tertiary alicyclic amines) is 1. The van der Waals surface area contributed by atoms with Gasteiger partial charge in [-0.2, -0.15) is 5.10 Å². The molecule has 0 bridgehead atoms. The lowest BCUT2D eigenvalue weighted by Gasteiger charge is -2.32. The van der Waals surface area contributed by atoms with Gasteiger partial charge in [0.25, 0.3) is 0 Å². The molecule has 7 heteroatoms. The lowest BCUT2D eigenvalue weighted by molar-refractivity contribution is -0.141. The van der Waals surface area contributed by atoms with Gasteiger partial charge in [0.2, 0.25) is 11.8 Å². The normalized spacial score (nSPS) is 17.8. The molecule has 1 aliphatic heterocycles. The Bertz CT molecular complexity index is 891. The van der Waals surface area contributed by atoms with E-state index < -0.39 is 12.1 Å². The van der Waals surface area contributed by atoms with Crippen molar-refractivity contribution in [3.05, 3.63) is 41.6 Å². The molecule has 1 fully saturated rings. The molecule has 1 saturated heterocycles. The van der Waals surface area contributed by atoms with Crippen molar-refractivity contribution in [3.8, 4) is 11.3 Å². The molecular formula is C23H33N5O2. The number of carbonyl (C=O) groups excluding carboxylic acids is 2. The molecule has 2 amide bonds. The van der Waals surface area contributed by atoms with Crippen LogP contribution in [0.4, 0.5) is 0 Å². The molecule has 30 heavy (non-hydrogen) atoms. The number of aryl methyl sites for hydroxylation is 2. The first-order valence-electron chi connectivity index (χ1n) is 10.5. The van der Waals surface area contributed by atoms with Crippen molar-refractivity contribution in [2.45, 2.75) is 59.2 Å². The van der Waals surface area contributed by atoms with Gasteiger partial charge in [-0.25, -0.2) is 0 Å². The molecule has 0 saturated carbocycles. The number of benzene rings is 1. The first-order valence-corrected chi connectivity index (χ1v) is 10.5. The fraction of sp³-hybridized carbons (Fsp3) is 0.522. The van der Waals surface area contributed by atoms with Crippen LogP contribution in [-0.2, 0) is 23.2 Å². The third-order valence-electron chi connectivity index (χ3n) is 5.85. The summed E-state index contributed by atoms with van der Waals surface area (Å²) >= 11 is 0. The predicted octanol–water partition coefficient (Wildman–Crippen LogP) is 2.38. The largest absolute Gasteiger partial charge is 0.350 e. The summed E-state index contributed by atoms with van der Waals surface area (Å²) in [7, 11) is 1.93. The number of hydrogen-bond donors (Lipinski definition) is 2. The van der Waals surface area contributed by atoms with Crippen LogP contribution in [0, 0.1) is 12.3 Å². The number of nitrogens with one attached hydrogen (secondary N) is 1. The lowest BCUT2D eigenvalue weighted by atomic mass is 9.86. The Morgan fingerprint density at radius 1 is 1.27 bits per heavy atom. The average Bonchev–Trinajstić information content (AvgIpc) is 3.31. The smallest absolute Gasteiger partial charge is 0.243 e. The van der Waals surface area contributed by atoms with E-state index in [1.165, 1.54) is 0 Å². The van der Waals surface area contributed by atoms with Crippen LogP contribution >= 0.6 is 0 Å². The molecule has 0 spiro atoms. The van der Waals surface area contributed by atoms with Crippen LogP contribution in [0.5, 0.6) is 0 Å². The van der Waals surface area contributed by atoms with Crippen molar-refractivity contribution in [2.24, 2.45) is 18.2 Å². The van der Waals surface area contributed by atoms with Gasteiger partial charge in [-0.1, -0.05) is 45.0 Å². The van der Waals surface area contributed by atoms with Crippen LogP contribution < -0.4 is 11.1 Å². The van der Waals surface area contributed by atoms with Gasteiger partial charge in [0.1, 0.15) is 6.04 Å². The Balaban J connectivity index is 1.62. The summed E-state index contributed by atoms with van der Waals surface area (Å²) in [6.07, 6.45) is 3.34. The number of carbonyl (C=O) groups is 2. The highest BCUT2D eigenvalue weighted by atomic mass is 16.2. The van der Waals surface area contributed by atoms with Gasteiger partial charge in [-0.05, 0) is 36.3 Å². The Morgan fingerprint density at radius 3 is 2.50 bits per heavy atom. The predicted molar refractivity (Wildman–Crippen MR) is 117 cm³/mol. The number of amides is 2. The van der Waals surface area contributed by atoms with Crippen LogP contribution in [0.15, 0.2) is 30.5 Å². The zero-order chi connectivity index (χ0) is 22.1. The summed E-state index contributed by atoms with van der Waals surface area (Å²) in [4.78, 5) is 27.2. The van der Waals surface area contributed by atoms with Gasteiger partial charge in [-0.3, -0.25) is 14.3 Å². The molecule has 0 aliphatic carbocycles. The molecule has 162 valence electrons. The van der Waals surface area contributed by atoms with Gasteiger partial charge in [0, 0.05) is 25.7 Å². The highest BCUT2D eigenvalue weighted by molar-refractivity contribution is 5.90. The van der Waals surface area contributed by atoms with Gasteiger partial charge < -0.3 is 16.0 Å². The molecular weight excluding hydrogens is 378 g/mol. The first kappa shape index (κ1) is 22.0. The van der Waals surface area contributed by atoms with Crippen LogP contribution in [0.2, 0.25) is 0 Å². The van der Waals surface area contributed by atoms with Crippen LogP contribution in [0.25, 0.3) is 11.3 Å². The van der Waals surface area contributed by atoms with E-state index in [0.29, 0.717) is 19.5 Å². The van der Waals surface area contributed by atoms with E-state index in [1.54, 1.807) is 4.90 Å². The van der Waals surface area contributed by atoms with Crippen molar-refractivity contribution in [1.29, 1.82) is 0 Å². The van der Waals surface area contributed by atoms with E-state index in [1.807, 2.05) is 69.9 Å². The summed E-state index contributed by atoms with van der Waals surface area (Å²) in [6, 6.07) is 7.04. The lowest BCUT2D eigenvalue weighted by Crippen LogP contribution is -2.54. The molecule has 3 N–H and O–H groups in total. The molecule has 1 aromatic heterocycles. The minimum atomic E-state index is -0.617. The average molecular weight is 412 g/mol. The first-order chi connectivity index (χ1) is 14.1. The fourth-order valence-electron chi connectivity index (χ4n) is 3.90. The number of hydrogen-bond acceptors (Lipinski definition) is 4. The number of nitrogens with zero attached hydrogens (tertiary/aromatic N) is 3. The number of rotatable bonds is 5. The molecule has 2 atom stereocenters. The van der Waals surface area contributed by atoms with E-state index in [0.717, 1.165) is 28.8 Å². The van der Waals surface area contributed by atoms with Crippen LogP contribution in [0.1, 0.15) is 44.7 Å². The van der Waals surface area contributed by atoms with Crippen LogP contribution in [-0.4, -0.2) is 45.1 Å². The summed E-state index contributed by atoms with van der Waals surface area (Å²) in [5, 5.41) is 7.28. The second-order valence-corrected chi connectivity index (χ2v) is 9.25. The van der Waals surface area contributed by atoms with Gasteiger partial charge >= 0.3 is 0 Å². The molecule has 2 heterocycles. The second-order valence-electron chi connectivity index (χ2n) is 9.25. The van der Waals surface area contributed by atoms with Crippen molar-refractivity contribution >= 4 is 11.8 Å². The van der Waals surface area contributed by atoms with E-state index >= 15 is 0 Å². The minimum absolute atomic E-state index is 0.117. The molecule has 3 rings (SSSR count). The third kappa shape index (κ3) is 4.56. The SMILES string of the molecule is Cc1cnn(C)c1-c1ccc(CNC(=O)C2CCCN2C(=O)C(N)C(C)(C)C)cc1. The highest BCUT2D eigenvalue weighted by Crippen LogP contribution is 2.25. The molecule has 2 aromatic rings. The standard InChI is InChI=1S/C23H33N5O2/c1-15-13-26-27(5)19(15)17-10-8-16(9-11-17)14-25-21(29)18-7-6-12-28(18)22(30)20(24)23(2,3)4/h8-11,13,18,20H,6-7,12,14,24H2,1-5H3,(H,25,29). The minimum Gasteiger partial charge on any atom is -0.350 e. The maximum absolute atomic E-state index is 12.8. The molecule has 2 unspecified atom stereocenters. The van der Waals surface area contributed by atoms with Gasteiger partial charge in [-0.15, -0.1) is 0 Å². The quantitative estimate of drug-likeness (QED) is 0.790. The van der Waals surface area contributed by atoms with Crippen LogP contribution in [0.3, 0.4) is 0 Å². The van der Waals surface area contributed by atoms with Crippen molar-refractivity contribution < 1.29 is 9.59 Å². The van der Waals surface area contributed by atoms with Crippen molar-refractivity contribution in [2.75, 3.05) is 6.54 Å². The maximum atomic E-state index is 12.8. The fourth-order valence-corrected chi connectivity index (χ4v) is 3.90. The summed E-state index contributed by atoms with van der Waals surface area (Å²) in [5.74, 6) is -0.260. The zero-order valence-electron chi connectivity index (χ0n) is 18.6. The summed E-state index contributed by atoms with van der Waals surface area (Å²) in [5.41, 5.74) is 10.1. The Morgan fingerprint density at radius 2 is 1.93 bits per heavy atom. The van der Waals surface area contributed by atoms with Gasteiger partial charge in [0.15, 0.2) is 0 Å². The number of nitrogens with two attached hydrogens (primary N) is 1. The molecule has 7 nitrogen and oxygen atoms in total. The summed E-state index contributed by atoms with van der Waals surface area (Å²) < 4.78 is 1.86.